The minimum atomic E-state index is -3.39. The molecule has 0 aliphatic heterocycles. The van der Waals surface area contributed by atoms with Crippen molar-refractivity contribution < 1.29 is 32.1 Å². The van der Waals surface area contributed by atoms with Crippen LogP contribution in [0.4, 0.5) is 0 Å². The second-order valence-corrected chi connectivity index (χ2v) is 8.75. The zero-order chi connectivity index (χ0) is 17.8. The number of sulfone groups is 1. The molecule has 1 aliphatic carbocycles. The van der Waals surface area contributed by atoms with Crippen LogP contribution in [0.25, 0.3) is 0 Å². The Bertz CT molecular complexity index is 705. The van der Waals surface area contributed by atoms with Gasteiger partial charge in [-0.05, 0) is 31.9 Å². The van der Waals surface area contributed by atoms with E-state index in [9.17, 15) is 13.2 Å². The summed E-state index contributed by atoms with van der Waals surface area (Å²) in [6.45, 7) is 5.62. The number of benzene rings is 1. The van der Waals surface area contributed by atoms with E-state index in [1.807, 2.05) is 6.92 Å². The Morgan fingerprint density at radius 3 is 2.28 bits per heavy atom. The van der Waals surface area contributed by atoms with Gasteiger partial charge in [0.05, 0.1) is 4.90 Å². The van der Waals surface area contributed by atoms with Gasteiger partial charge in [0.2, 0.25) is 5.91 Å². The number of hydrogen-bond donors (Lipinski definition) is 1. The van der Waals surface area contributed by atoms with E-state index in [1.54, 1.807) is 43.3 Å². The van der Waals surface area contributed by atoms with Gasteiger partial charge in [0.15, 0.2) is 0 Å². The predicted molar refractivity (Wildman–Crippen MR) is 95.9 cm³/mol. The third-order valence-electron chi connectivity index (χ3n) is 4.79. The van der Waals surface area contributed by atoms with Crippen LogP contribution in [0.15, 0.2) is 46.9 Å². The zero-order valence-corrected chi connectivity index (χ0v) is 16.4. The molecule has 0 radical (unpaired) electrons. The quantitative estimate of drug-likeness (QED) is 0.623. The van der Waals surface area contributed by atoms with E-state index in [0.717, 1.165) is 31.3 Å². The summed E-state index contributed by atoms with van der Waals surface area (Å²) in [4.78, 5) is 11.6. The summed E-state index contributed by atoms with van der Waals surface area (Å²) in [5, 5.41) is 3.03. The molecule has 1 fully saturated rings. The second kappa shape index (κ2) is 8.98. The summed E-state index contributed by atoms with van der Waals surface area (Å²) in [7, 11) is -3.39. The Labute approximate surface area is 163 Å². The summed E-state index contributed by atoms with van der Waals surface area (Å²) in [5.41, 5.74) is 0.946. The van der Waals surface area contributed by atoms with Gasteiger partial charge in [-0.25, -0.2) is 20.1 Å². The van der Waals surface area contributed by atoms with Gasteiger partial charge in [0, 0.05) is 12.5 Å². The third-order valence-corrected chi connectivity index (χ3v) is 6.22. The topological polar surface area (TPSA) is 63.2 Å². The Balaban J connectivity index is 0.00000312. The van der Waals surface area contributed by atoms with Crippen LogP contribution in [0.3, 0.4) is 0 Å². The molecule has 0 bridgehead atoms. The Morgan fingerprint density at radius 1 is 1.20 bits per heavy atom. The molecule has 1 N–H and O–H groups in total. The van der Waals surface area contributed by atoms with Gasteiger partial charge < -0.3 is 5.32 Å². The van der Waals surface area contributed by atoms with Crippen LogP contribution in [-0.4, -0.2) is 19.9 Å². The molecule has 1 aliphatic rings. The molecule has 4 nitrogen and oxygen atoms in total. The zero-order valence-electron chi connectivity index (χ0n) is 15.6. The summed E-state index contributed by atoms with van der Waals surface area (Å²) in [5.74, 6) is 1.68. The predicted octanol–water partition coefficient (Wildman–Crippen LogP) is 0.657. The maximum absolute atomic E-state index is 12.3. The summed E-state index contributed by atoms with van der Waals surface area (Å²) >= 11 is 0. The Hall–Kier alpha value is -1.15. The van der Waals surface area contributed by atoms with Gasteiger partial charge in [-0.1, -0.05) is 37.0 Å². The molecule has 1 amide bonds. The fraction of sp³-hybridized carbons (Fsp3) is 0.474. The second-order valence-electron chi connectivity index (χ2n) is 6.92. The fourth-order valence-electron chi connectivity index (χ4n) is 3.28. The van der Waals surface area contributed by atoms with Crippen LogP contribution in [0, 0.1) is 11.7 Å². The average Bonchev–Trinajstić information content (AvgIpc) is 2.53. The fourth-order valence-corrected chi connectivity index (χ4v) is 4.37. The van der Waals surface area contributed by atoms with Crippen molar-refractivity contribution >= 4 is 15.7 Å². The molecule has 1 saturated carbocycles. The van der Waals surface area contributed by atoms with E-state index < -0.39 is 9.84 Å². The van der Waals surface area contributed by atoms with Gasteiger partial charge in [-0.2, -0.15) is 0 Å². The van der Waals surface area contributed by atoms with Crippen LogP contribution in [0.2, 0.25) is 0 Å². The standard InChI is InChI=1S/C19H26NO3S.Li/c1-15(11-14-24(22,23)18-7-5-4-6-8-18)17-9-12-19(3,13-10-17)20-16(2)21;/h4-8,11,14,17H,9-10,12-13H2,1-3H3,(H,20,21);/q-1;+1/b15-11+;. The van der Waals surface area contributed by atoms with Crippen molar-refractivity contribution in [2.75, 3.05) is 0 Å². The summed E-state index contributed by atoms with van der Waals surface area (Å²) in [6, 6.07) is 8.46. The molecule has 0 aromatic heterocycles. The van der Waals surface area contributed by atoms with Crippen molar-refractivity contribution in [1.29, 1.82) is 0 Å². The number of hydrogen-bond acceptors (Lipinski definition) is 3. The first kappa shape index (κ1) is 21.9. The molecule has 1 aromatic rings. The van der Waals surface area contributed by atoms with Crippen LogP contribution in [0.5, 0.6) is 0 Å². The molecule has 132 valence electrons. The Morgan fingerprint density at radius 2 is 1.76 bits per heavy atom. The van der Waals surface area contributed by atoms with E-state index in [4.69, 9.17) is 0 Å². The molecule has 6 heteroatoms. The van der Waals surface area contributed by atoms with E-state index in [-0.39, 0.29) is 30.3 Å². The molecule has 0 spiro atoms. The molecular formula is C19H26LiNO3S. The normalized spacial score (nSPS) is 24.1. The van der Waals surface area contributed by atoms with Gasteiger partial charge in [-0.3, -0.25) is 4.79 Å². The SMILES string of the molecule is CC(=O)NC1(C)CCC(/C(C)=C/[CH-]S(=O)(=O)c2ccccc2)CC1.[Li+]. The number of amides is 1. The molecule has 0 unspecified atom stereocenters. The van der Waals surface area contributed by atoms with Crippen molar-refractivity contribution in [2.45, 2.75) is 56.9 Å². The van der Waals surface area contributed by atoms with Crippen molar-refractivity contribution in [3.8, 4) is 0 Å². The van der Waals surface area contributed by atoms with Crippen molar-refractivity contribution in [2.24, 2.45) is 5.92 Å². The number of rotatable bonds is 5. The largest absolute Gasteiger partial charge is 1.00 e. The average molecular weight is 355 g/mol. The maximum atomic E-state index is 12.3. The van der Waals surface area contributed by atoms with Gasteiger partial charge >= 0.3 is 18.9 Å². The van der Waals surface area contributed by atoms with Crippen LogP contribution >= 0.6 is 0 Å². The molecule has 1 aromatic carbocycles. The first-order valence-electron chi connectivity index (χ1n) is 8.32. The monoisotopic (exact) mass is 355 g/mol. The third kappa shape index (κ3) is 6.25. The van der Waals surface area contributed by atoms with Gasteiger partial charge in [0.25, 0.3) is 0 Å². The Kier molecular flexibility index (Phi) is 7.86. The minimum Gasteiger partial charge on any atom is -0.351 e. The van der Waals surface area contributed by atoms with Crippen molar-refractivity contribution in [3.63, 3.8) is 0 Å². The number of carbonyl (C=O) groups excluding carboxylic acids is 1. The molecule has 0 saturated heterocycles. The smallest absolute Gasteiger partial charge is 0.351 e. The summed E-state index contributed by atoms with van der Waals surface area (Å²) in [6.07, 6.45) is 5.46. The van der Waals surface area contributed by atoms with E-state index in [1.165, 1.54) is 5.75 Å². The minimum absolute atomic E-state index is 0. The molecule has 25 heavy (non-hydrogen) atoms. The number of allylic oxidation sites excluding steroid dienone is 1. The summed E-state index contributed by atoms with van der Waals surface area (Å²) < 4.78 is 24.6. The van der Waals surface area contributed by atoms with Gasteiger partial charge in [0.1, 0.15) is 9.84 Å². The van der Waals surface area contributed by atoms with E-state index >= 15 is 0 Å². The van der Waals surface area contributed by atoms with E-state index in [0.29, 0.717) is 10.8 Å². The van der Waals surface area contributed by atoms with Gasteiger partial charge in [-0.15, -0.1) is 12.7 Å². The molecule has 0 heterocycles. The number of carbonyl (C=O) groups is 1. The molecule has 0 atom stereocenters. The first-order chi connectivity index (χ1) is 11.2. The van der Waals surface area contributed by atoms with Crippen molar-refractivity contribution in [1.82, 2.24) is 5.32 Å². The molecular weight excluding hydrogens is 329 g/mol. The van der Waals surface area contributed by atoms with Crippen LogP contribution < -0.4 is 24.2 Å². The van der Waals surface area contributed by atoms with Crippen LogP contribution in [0.1, 0.15) is 46.5 Å². The number of nitrogens with one attached hydrogen (secondary N) is 1. The van der Waals surface area contributed by atoms with Crippen LogP contribution in [-0.2, 0) is 14.6 Å². The van der Waals surface area contributed by atoms with E-state index in [2.05, 4.69) is 12.2 Å². The first-order valence-corrected chi connectivity index (χ1v) is 9.87. The molecule has 2 rings (SSSR count). The van der Waals surface area contributed by atoms with Crippen molar-refractivity contribution in [3.05, 3.63) is 47.7 Å². The maximum Gasteiger partial charge on any atom is 1.00 e.